The van der Waals surface area contributed by atoms with Crippen molar-refractivity contribution in [1.29, 1.82) is 0 Å². The Morgan fingerprint density at radius 2 is 1.17 bits per heavy atom. The molecule has 0 fully saturated rings. The minimum Gasteiger partial charge on any atom is -0.497 e. The summed E-state index contributed by atoms with van der Waals surface area (Å²) in [5.74, 6) is 1.28. The fraction of sp³-hybridized carbons (Fsp3) is 0.613. The van der Waals surface area contributed by atoms with Crippen molar-refractivity contribution in [3.63, 3.8) is 0 Å². The van der Waals surface area contributed by atoms with E-state index in [2.05, 4.69) is 208 Å². The Morgan fingerprint density at radius 3 is 1.69 bits per heavy atom. The van der Waals surface area contributed by atoms with Crippen molar-refractivity contribution < 1.29 is 27.2 Å². The molecule has 1 aromatic heterocycles. The summed E-state index contributed by atoms with van der Waals surface area (Å²) >= 11 is 0. The van der Waals surface area contributed by atoms with E-state index in [0.29, 0.717) is 13.2 Å². The fourth-order valence-electron chi connectivity index (χ4n) is 10.8. The fourth-order valence-corrected chi connectivity index (χ4v) is 20.1. The van der Waals surface area contributed by atoms with Crippen LogP contribution < -0.4 is 20.5 Å². The van der Waals surface area contributed by atoms with Gasteiger partial charge in [-0.1, -0.05) is 193 Å². The third-order valence-corrected chi connectivity index (χ3v) is 37.5. The summed E-state index contributed by atoms with van der Waals surface area (Å²) in [6, 6.07) is 30.5. The zero-order valence-corrected chi connectivity index (χ0v) is 52.6. The van der Waals surface area contributed by atoms with Crippen molar-refractivity contribution >= 4 is 48.8 Å². The molecule has 0 aliphatic heterocycles. The predicted octanol–water partition coefficient (Wildman–Crippen LogP) is 15.7. The maximum Gasteiger partial charge on any atom is 0.261 e. The van der Waals surface area contributed by atoms with Gasteiger partial charge in [-0.05, 0) is 117 Å². The molecule has 0 amide bonds. The van der Waals surface area contributed by atoms with Crippen molar-refractivity contribution in [3.8, 4) is 5.75 Å². The van der Waals surface area contributed by atoms with Gasteiger partial charge in [0.25, 0.3) is 8.32 Å². The van der Waals surface area contributed by atoms with Crippen molar-refractivity contribution in [1.82, 2.24) is 0 Å². The van der Waals surface area contributed by atoms with Crippen LogP contribution >= 0.6 is 0 Å². The lowest BCUT2D eigenvalue weighted by Gasteiger charge is -2.50. The molecule has 6 nitrogen and oxygen atoms in total. The Balaban J connectivity index is 1.45. The lowest BCUT2D eigenvalue weighted by atomic mass is 9.67. The van der Waals surface area contributed by atoms with Crippen LogP contribution in [-0.4, -0.2) is 65.6 Å². The SMILES string of the molecule is COc1ccc(COCCCCCCC2=C[C@H]3[C@H](O[Si](C)(C)C(C)(C)C)[C@H](c4coc([Si](C)(C)C(C)(C)C)c4C[C@H]3O[Si](C)(C)C(C)(C)C)[C@H]2CCO[Si](c2ccccc2)(c2ccccc2)C(C)(C)C)cc1. The van der Waals surface area contributed by atoms with Gasteiger partial charge in [-0.15, -0.1) is 0 Å². The maximum atomic E-state index is 8.03. The van der Waals surface area contributed by atoms with Gasteiger partial charge in [0.2, 0.25) is 0 Å². The Labute approximate surface area is 443 Å². The number of fused-ring (bicyclic) bond motifs is 4. The number of hydrogen-bond donors (Lipinski definition) is 0. The molecule has 2 aliphatic carbocycles. The Hall–Kier alpha value is -2.81. The second-order valence-electron chi connectivity index (χ2n) is 27.2. The average Bonchev–Trinajstić information content (AvgIpc) is 3.68. The summed E-state index contributed by atoms with van der Waals surface area (Å²) < 4.78 is 42.4. The minimum atomic E-state index is -2.81. The summed E-state index contributed by atoms with van der Waals surface area (Å²) in [5, 5.41) is 3.96. The number of methoxy groups -OCH3 is 1. The molecule has 5 atom stereocenters. The quantitative estimate of drug-likeness (QED) is 0.0471. The van der Waals surface area contributed by atoms with Gasteiger partial charge in [-0.3, -0.25) is 0 Å². The van der Waals surface area contributed by atoms with Crippen LogP contribution in [0.4, 0.5) is 0 Å². The van der Waals surface area contributed by atoms with E-state index in [0.717, 1.165) is 57.3 Å². The highest BCUT2D eigenvalue weighted by Gasteiger charge is 2.56. The molecule has 0 saturated heterocycles. The van der Waals surface area contributed by atoms with Crippen LogP contribution in [0.5, 0.6) is 5.75 Å². The molecule has 398 valence electrons. The third-order valence-electron chi connectivity index (χ3n) is 18.2. The monoisotopic (exact) mass is 1050 g/mol. The smallest absolute Gasteiger partial charge is 0.261 e. The van der Waals surface area contributed by atoms with Crippen LogP contribution in [0.2, 0.25) is 59.4 Å². The predicted molar refractivity (Wildman–Crippen MR) is 315 cm³/mol. The molecule has 2 aliphatic rings. The molecule has 0 unspecified atom stereocenters. The zero-order chi connectivity index (χ0) is 53.1. The normalized spacial score (nSPS) is 20.5. The molecule has 10 heteroatoms. The highest BCUT2D eigenvalue weighted by molar-refractivity contribution is 6.99. The number of rotatable bonds is 21. The number of unbranched alkanes of at least 4 members (excludes halogenated alkanes) is 3. The highest BCUT2D eigenvalue weighted by atomic mass is 28.4. The molecular formula is C62H98O6Si4. The van der Waals surface area contributed by atoms with Crippen LogP contribution in [0.15, 0.2) is 107 Å². The van der Waals surface area contributed by atoms with E-state index in [1.54, 1.807) is 12.7 Å². The first-order valence-electron chi connectivity index (χ1n) is 27.6. The molecule has 4 aromatic rings. The lowest BCUT2D eigenvalue weighted by Crippen LogP contribution is -2.66. The lowest BCUT2D eigenvalue weighted by molar-refractivity contribution is 0.0198. The standard InChI is InChI=1S/C62H98O6Si4/c1-59(2,3)69(14,15)58-52-43-55(67-70(16,17)60(4,5)6)53-42-47(30-24-20-21-29-40-64-44-46-35-37-48(63-13)38-36-46)51(56(54(52)45-65-58)57(53)68-71(18,19)61(7,8)9)39-41-66-72(62(10,11)12,49-31-25-22-26-32-49)50-33-27-23-28-34-50/h22-23,25-28,31-38,42,45,51,53,55-57H,20-21,24,29-30,39-41,43-44H2,1-19H3/t51-,53+,55+,56-,57-/m0/s1. The van der Waals surface area contributed by atoms with Gasteiger partial charge in [0.05, 0.1) is 37.6 Å². The van der Waals surface area contributed by atoms with E-state index in [9.17, 15) is 0 Å². The zero-order valence-electron chi connectivity index (χ0n) is 48.6. The van der Waals surface area contributed by atoms with Crippen LogP contribution in [0, 0.1) is 11.8 Å². The largest absolute Gasteiger partial charge is 0.497 e. The van der Waals surface area contributed by atoms with Gasteiger partial charge in [-0.2, -0.15) is 0 Å². The molecule has 72 heavy (non-hydrogen) atoms. The van der Waals surface area contributed by atoms with Crippen LogP contribution in [-0.2, 0) is 31.0 Å². The van der Waals surface area contributed by atoms with E-state index < -0.39 is 33.0 Å². The number of ether oxygens (including phenoxy) is 2. The first-order valence-corrected chi connectivity index (χ1v) is 38.3. The first-order chi connectivity index (χ1) is 33.5. The minimum absolute atomic E-state index is 0.0295. The molecular weight excluding hydrogens is 953 g/mol. The molecule has 0 N–H and O–H groups in total. The molecule has 1 heterocycles. The van der Waals surface area contributed by atoms with E-state index in [1.807, 2.05) is 12.1 Å². The second kappa shape index (κ2) is 22.8. The summed E-state index contributed by atoms with van der Waals surface area (Å²) in [6.07, 6.45) is 12.1. The Morgan fingerprint density at radius 1 is 0.611 bits per heavy atom. The van der Waals surface area contributed by atoms with E-state index in [-0.39, 0.29) is 50.1 Å². The number of hydrogen-bond acceptors (Lipinski definition) is 6. The number of benzene rings is 3. The maximum absolute atomic E-state index is 8.03. The van der Waals surface area contributed by atoms with Gasteiger partial charge in [0, 0.05) is 31.5 Å². The Kier molecular flexibility index (Phi) is 18.5. The van der Waals surface area contributed by atoms with Crippen LogP contribution in [0.25, 0.3) is 0 Å². The summed E-state index contributed by atoms with van der Waals surface area (Å²) in [5.41, 5.74) is 5.53. The van der Waals surface area contributed by atoms with Gasteiger partial charge >= 0.3 is 0 Å². The van der Waals surface area contributed by atoms with Crippen molar-refractivity contribution in [3.05, 3.63) is 120 Å². The molecule has 3 aromatic carbocycles. The highest BCUT2D eigenvalue weighted by Crippen LogP contribution is 2.54. The van der Waals surface area contributed by atoms with E-state index in [1.165, 1.54) is 32.4 Å². The first kappa shape index (κ1) is 58.4. The molecule has 6 rings (SSSR count). The molecule has 0 spiro atoms. The average molecular weight is 1050 g/mol. The second-order valence-corrected chi connectivity index (χ2v) is 46.2. The summed E-state index contributed by atoms with van der Waals surface area (Å²) in [7, 11) is -7.83. The third kappa shape index (κ3) is 12.7. The van der Waals surface area contributed by atoms with Gasteiger partial charge < -0.3 is 27.2 Å². The van der Waals surface area contributed by atoms with Gasteiger partial charge in [0.1, 0.15) is 13.8 Å². The number of furan rings is 1. The van der Waals surface area contributed by atoms with Crippen molar-refractivity contribution in [2.24, 2.45) is 11.8 Å². The molecule has 2 bridgehead atoms. The van der Waals surface area contributed by atoms with Gasteiger partial charge in [-0.25, -0.2) is 0 Å². The summed E-state index contributed by atoms with van der Waals surface area (Å²) in [6.45, 7) is 45.7. The van der Waals surface area contributed by atoms with E-state index in [4.69, 9.17) is 27.2 Å². The molecule has 0 radical (unpaired) electrons. The number of allylic oxidation sites excluding steroid dienone is 1. The van der Waals surface area contributed by atoms with Crippen molar-refractivity contribution in [2.75, 3.05) is 20.3 Å². The molecule has 0 saturated carbocycles. The van der Waals surface area contributed by atoms with E-state index >= 15 is 0 Å². The van der Waals surface area contributed by atoms with Crippen LogP contribution in [0.3, 0.4) is 0 Å². The van der Waals surface area contributed by atoms with Crippen molar-refractivity contribution in [2.45, 2.75) is 212 Å². The van der Waals surface area contributed by atoms with Crippen LogP contribution in [0.1, 0.15) is 144 Å². The van der Waals surface area contributed by atoms with Gasteiger partial charge in [0.15, 0.2) is 16.6 Å². The Bertz CT molecular complexity index is 2320. The summed E-state index contributed by atoms with van der Waals surface area (Å²) in [4.78, 5) is 0. The topological polar surface area (TPSA) is 59.3 Å².